The van der Waals surface area contributed by atoms with E-state index in [-0.39, 0.29) is 5.82 Å². The summed E-state index contributed by atoms with van der Waals surface area (Å²) in [7, 11) is 0. The van der Waals surface area contributed by atoms with E-state index in [9.17, 15) is 4.39 Å². The molecule has 0 unspecified atom stereocenters. The summed E-state index contributed by atoms with van der Waals surface area (Å²) in [6, 6.07) is 6.64. The number of hydrogen-bond donors (Lipinski definition) is 1. The Morgan fingerprint density at radius 1 is 1.00 bits per heavy atom. The molecule has 0 bridgehead atoms. The van der Waals surface area contributed by atoms with Crippen molar-refractivity contribution in [3.8, 4) is 0 Å². The highest BCUT2D eigenvalue weighted by atomic mass is 19.1. The molecule has 3 heterocycles. The van der Waals surface area contributed by atoms with E-state index in [0.29, 0.717) is 12.5 Å². The van der Waals surface area contributed by atoms with Crippen LogP contribution in [0.3, 0.4) is 0 Å². The molecule has 2 aromatic rings. The first-order valence-electron chi connectivity index (χ1n) is 9.67. The van der Waals surface area contributed by atoms with Crippen LogP contribution in [0, 0.1) is 5.82 Å². The zero-order valence-electron chi connectivity index (χ0n) is 15.5. The van der Waals surface area contributed by atoms with Crippen LogP contribution >= 0.6 is 0 Å². The second-order valence-electron chi connectivity index (χ2n) is 7.12. The molecule has 2 N–H and O–H groups in total. The Hall–Kier alpha value is -2.64. The van der Waals surface area contributed by atoms with E-state index in [4.69, 9.17) is 5.73 Å². The molecule has 7 nitrogen and oxygen atoms in total. The minimum atomic E-state index is -0.208. The van der Waals surface area contributed by atoms with Gasteiger partial charge >= 0.3 is 0 Å². The van der Waals surface area contributed by atoms with Gasteiger partial charge in [0.2, 0.25) is 0 Å². The maximum atomic E-state index is 13.1. The van der Waals surface area contributed by atoms with Gasteiger partial charge in [0.05, 0.1) is 0 Å². The molecule has 0 radical (unpaired) electrons. The second-order valence-corrected chi connectivity index (χ2v) is 7.12. The smallest absolute Gasteiger partial charge is 0.191 e. The molecular formula is C19H26FN7. The molecule has 2 aliphatic heterocycles. The monoisotopic (exact) mass is 371 g/mol. The molecule has 0 spiro atoms. The van der Waals surface area contributed by atoms with E-state index in [1.807, 2.05) is 12.1 Å². The van der Waals surface area contributed by atoms with Crippen LogP contribution in [-0.2, 0) is 19.5 Å². The van der Waals surface area contributed by atoms with Crippen molar-refractivity contribution in [3.63, 3.8) is 0 Å². The Morgan fingerprint density at radius 2 is 1.78 bits per heavy atom. The Kier molecular flexibility index (Phi) is 5.22. The average Bonchev–Trinajstić information content (AvgIpc) is 2.93. The number of guanidine groups is 1. The molecular weight excluding hydrogens is 345 g/mol. The molecule has 4 rings (SSSR count). The number of piperazine rings is 1. The number of aryl methyl sites for hydroxylation is 1. The van der Waals surface area contributed by atoms with Crippen molar-refractivity contribution < 1.29 is 4.39 Å². The molecule has 0 aliphatic carbocycles. The average molecular weight is 371 g/mol. The topological polar surface area (TPSA) is 75.6 Å². The Balaban J connectivity index is 1.34. The summed E-state index contributed by atoms with van der Waals surface area (Å²) in [6.45, 7) is 4.71. The van der Waals surface area contributed by atoms with Crippen LogP contribution in [0.2, 0.25) is 0 Å². The van der Waals surface area contributed by atoms with Gasteiger partial charge in [-0.3, -0.25) is 0 Å². The zero-order chi connectivity index (χ0) is 18.6. The number of aliphatic imine (C=N–C) groups is 1. The number of nitrogens with two attached hydrogens (primary N) is 1. The molecule has 1 aromatic heterocycles. The predicted molar refractivity (Wildman–Crippen MR) is 103 cm³/mol. The zero-order valence-corrected chi connectivity index (χ0v) is 15.5. The van der Waals surface area contributed by atoms with Crippen molar-refractivity contribution in [2.24, 2.45) is 10.7 Å². The third-order valence-electron chi connectivity index (χ3n) is 5.36. The van der Waals surface area contributed by atoms with Crippen LogP contribution < -0.4 is 10.6 Å². The number of benzene rings is 1. The summed E-state index contributed by atoms with van der Waals surface area (Å²) in [6.07, 6.45) is 4.59. The third-order valence-corrected chi connectivity index (χ3v) is 5.36. The summed E-state index contributed by atoms with van der Waals surface area (Å²) in [5.41, 5.74) is 7.27. The molecule has 0 amide bonds. The van der Waals surface area contributed by atoms with Gasteiger partial charge in [0.15, 0.2) is 11.8 Å². The number of nitrogens with zero attached hydrogens (tertiary/aromatic N) is 6. The SMILES string of the molecule is NC(=NCc1nnc2n1CCCCC2)N1CCN(c2ccc(F)cc2)CC1. The molecule has 0 atom stereocenters. The van der Waals surface area contributed by atoms with Crippen molar-refractivity contribution in [1.82, 2.24) is 19.7 Å². The van der Waals surface area contributed by atoms with Crippen molar-refractivity contribution in [3.05, 3.63) is 41.7 Å². The highest BCUT2D eigenvalue weighted by molar-refractivity contribution is 5.78. The van der Waals surface area contributed by atoms with Gasteiger partial charge in [-0.1, -0.05) is 6.42 Å². The summed E-state index contributed by atoms with van der Waals surface area (Å²) in [5.74, 6) is 2.32. The van der Waals surface area contributed by atoms with Crippen LogP contribution in [-0.4, -0.2) is 51.8 Å². The highest BCUT2D eigenvalue weighted by Gasteiger charge is 2.19. The number of hydrogen-bond acceptors (Lipinski definition) is 4. The number of anilines is 1. The summed E-state index contributed by atoms with van der Waals surface area (Å²) < 4.78 is 15.3. The first-order chi connectivity index (χ1) is 13.2. The maximum Gasteiger partial charge on any atom is 0.191 e. The van der Waals surface area contributed by atoms with E-state index in [1.54, 1.807) is 0 Å². The van der Waals surface area contributed by atoms with Gasteiger partial charge in [-0.25, -0.2) is 9.38 Å². The lowest BCUT2D eigenvalue weighted by atomic mass is 10.2. The van der Waals surface area contributed by atoms with Crippen LogP contribution in [0.1, 0.15) is 30.9 Å². The van der Waals surface area contributed by atoms with Crippen LogP contribution in [0.15, 0.2) is 29.3 Å². The van der Waals surface area contributed by atoms with Crippen molar-refractivity contribution in [2.45, 2.75) is 38.8 Å². The highest BCUT2D eigenvalue weighted by Crippen LogP contribution is 2.17. The Morgan fingerprint density at radius 3 is 2.56 bits per heavy atom. The van der Waals surface area contributed by atoms with Crippen molar-refractivity contribution >= 4 is 11.6 Å². The summed E-state index contributed by atoms with van der Waals surface area (Å²) in [4.78, 5) is 8.90. The molecule has 0 saturated carbocycles. The lowest BCUT2D eigenvalue weighted by Gasteiger charge is -2.36. The minimum Gasteiger partial charge on any atom is -0.370 e. The van der Waals surface area contributed by atoms with Gasteiger partial charge < -0.3 is 20.1 Å². The lowest BCUT2D eigenvalue weighted by Crippen LogP contribution is -2.51. The molecule has 27 heavy (non-hydrogen) atoms. The van der Waals surface area contributed by atoms with Gasteiger partial charge in [-0.15, -0.1) is 10.2 Å². The number of rotatable bonds is 3. The van der Waals surface area contributed by atoms with E-state index in [1.165, 1.54) is 31.4 Å². The molecule has 144 valence electrons. The number of halogens is 1. The van der Waals surface area contributed by atoms with E-state index in [2.05, 4.69) is 29.6 Å². The Labute approximate surface area is 158 Å². The van der Waals surface area contributed by atoms with Gasteiger partial charge in [0, 0.05) is 44.8 Å². The standard InChI is InChI=1S/C19H26FN7/c20-15-5-7-16(8-6-15)25-10-12-26(13-11-25)19(21)22-14-18-24-23-17-4-2-1-3-9-27(17)18/h5-8H,1-4,9-14H2,(H2,21,22). The molecule has 8 heteroatoms. The largest absolute Gasteiger partial charge is 0.370 e. The van der Waals surface area contributed by atoms with Gasteiger partial charge in [-0.05, 0) is 37.1 Å². The molecule has 2 aliphatic rings. The molecule has 1 aromatic carbocycles. The maximum absolute atomic E-state index is 13.1. The van der Waals surface area contributed by atoms with Crippen molar-refractivity contribution in [2.75, 3.05) is 31.1 Å². The van der Waals surface area contributed by atoms with Crippen LogP contribution in [0.4, 0.5) is 10.1 Å². The quantitative estimate of drug-likeness (QED) is 0.658. The predicted octanol–water partition coefficient (Wildman–Crippen LogP) is 1.78. The van der Waals surface area contributed by atoms with Crippen LogP contribution in [0.5, 0.6) is 0 Å². The number of aromatic nitrogens is 3. The summed E-state index contributed by atoms with van der Waals surface area (Å²) >= 11 is 0. The first kappa shape index (κ1) is 17.8. The molecule has 1 saturated heterocycles. The van der Waals surface area contributed by atoms with Crippen LogP contribution in [0.25, 0.3) is 0 Å². The normalized spacial score (nSPS) is 18.3. The summed E-state index contributed by atoms with van der Waals surface area (Å²) in [5, 5.41) is 8.62. The fourth-order valence-corrected chi connectivity index (χ4v) is 3.76. The van der Waals surface area contributed by atoms with Gasteiger partial charge in [-0.2, -0.15) is 0 Å². The fraction of sp³-hybridized carbons (Fsp3) is 0.526. The van der Waals surface area contributed by atoms with Gasteiger partial charge in [0.1, 0.15) is 18.2 Å². The third kappa shape index (κ3) is 4.04. The first-order valence-corrected chi connectivity index (χ1v) is 9.67. The number of fused-ring (bicyclic) bond motifs is 1. The van der Waals surface area contributed by atoms with E-state index >= 15 is 0 Å². The van der Waals surface area contributed by atoms with Crippen molar-refractivity contribution in [1.29, 1.82) is 0 Å². The lowest BCUT2D eigenvalue weighted by molar-refractivity contribution is 0.380. The van der Waals surface area contributed by atoms with E-state index < -0.39 is 0 Å². The fourth-order valence-electron chi connectivity index (χ4n) is 3.76. The second kappa shape index (κ2) is 7.94. The Bertz CT molecular complexity index is 791. The van der Waals surface area contributed by atoms with Gasteiger partial charge in [0.25, 0.3) is 0 Å². The van der Waals surface area contributed by atoms with E-state index in [0.717, 1.165) is 56.5 Å². The molecule has 1 fully saturated rings. The minimum absolute atomic E-state index is 0.208.